The van der Waals surface area contributed by atoms with Gasteiger partial charge in [-0.3, -0.25) is 9.69 Å². The van der Waals surface area contributed by atoms with Crippen molar-refractivity contribution in [2.75, 3.05) is 32.7 Å². The van der Waals surface area contributed by atoms with Gasteiger partial charge in [0.05, 0.1) is 12.2 Å². The molecule has 0 aliphatic carbocycles. The average Bonchev–Trinajstić information content (AvgIpc) is 3.02. The number of carbonyl (C=O) groups is 1. The van der Waals surface area contributed by atoms with Crippen molar-refractivity contribution in [2.24, 2.45) is 0 Å². The quantitative estimate of drug-likeness (QED) is 0.833. The third-order valence-electron chi connectivity index (χ3n) is 5.13. The van der Waals surface area contributed by atoms with Gasteiger partial charge in [0.1, 0.15) is 0 Å². The summed E-state index contributed by atoms with van der Waals surface area (Å²) >= 11 is 0. The Balaban J connectivity index is 1.44. The minimum absolute atomic E-state index is 0.189. The SMILES string of the molecule is C=Cc1cccc(C[C@H]2CC[C@@H](CN3CCN(C(C)=O)CC3)O2)c1. The molecule has 2 heterocycles. The van der Waals surface area contributed by atoms with Crippen molar-refractivity contribution in [2.45, 2.75) is 38.4 Å². The summed E-state index contributed by atoms with van der Waals surface area (Å²) in [4.78, 5) is 15.8. The summed E-state index contributed by atoms with van der Waals surface area (Å²) in [5.74, 6) is 0.189. The van der Waals surface area contributed by atoms with Crippen LogP contribution in [0.3, 0.4) is 0 Å². The van der Waals surface area contributed by atoms with Gasteiger partial charge in [-0.25, -0.2) is 0 Å². The number of piperazine rings is 1. The van der Waals surface area contributed by atoms with Crippen molar-refractivity contribution in [3.8, 4) is 0 Å². The summed E-state index contributed by atoms with van der Waals surface area (Å²) in [5, 5.41) is 0. The van der Waals surface area contributed by atoms with Gasteiger partial charge in [-0.05, 0) is 30.4 Å². The highest BCUT2D eigenvalue weighted by atomic mass is 16.5. The summed E-state index contributed by atoms with van der Waals surface area (Å²) in [6.45, 7) is 10.1. The summed E-state index contributed by atoms with van der Waals surface area (Å²) in [7, 11) is 0. The van der Waals surface area contributed by atoms with Crippen LogP contribution in [0, 0.1) is 0 Å². The van der Waals surface area contributed by atoms with E-state index in [1.165, 1.54) is 11.1 Å². The molecule has 24 heavy (non-hydrogen) atoms. The van der Waals surface area contributed by atoms with E-state index in [4.69, 9.17) is 4.74 Å². The van der Waals surface area contributed by atoms with Crippen molar-refractivity contribution >= 4 is 12.0 Å². The third kappa shape index (κ3) is 4.46. The van der Waals surface area contributed by atoms with E-state index < -0.39 is 0 Å². The molecule has 0 radical (unpaired) electrons. The fourth-order valence-electron chi connectivity index (χ4n) is 3.71. The van der Waals surface area contributed by atoms with Gasteiger partial charge in [-0.2, -0.15) is 0 Å². The highest BCUT2D eigenvalue weighted by Crippen LogP contribution is 2.24. The Kier molecular flexibility index (Phi) is 5.69. The zero-order valence-electron chi connectivity index (χ0n) is 14.6. The van der Waals surface area contributed by atoms with Gasteiger partial charge in [-0.1, -0.05) is 36.9 Å². The summed E-state index contributed by atoms with van der Waals surface area (Å²) < 4.78 is 6.27. The Morgan fingerprint density at radius 3 is 2.71 bits per heavy atom. The molecule has 2 aliphatic heterocycles. The smallest absolute Gasteiger partial charge is 0.219 e. The van der Waals surface area contributed by atoms with Gasteiger partial charge in [-0.15, -0.1) is 0 Å². The number of hydrogen-bond donors (Lipinski definition) is 0. The molecule has 0 aromatic heterocycles. The predicted molar refractivity (Wildman–Crippen MR) is 96.8 cm³/mol. The molecular weight excluding hydrogens is 300 g/mol. The Hall–Kier alpha value is -1.65. The topological polar surface area (TPSA) is 32.8 Å². The highest BCUT2D eigenvalue weighted by Gasteiger charge is 2.28. The maximum absolute atomic E-state index is 11.4. The van der Waals surface area contributed by atoms with E-state index in [0.717, 1.165) is 52.0 Å². The molecule has 2 saturated heterocycles. The van der Waals surface area contributed by atoms with Crippen LogP contribution >= 0.6 is 0 Å². The molecule has 1 aromatic rings. The molecule has 0 N–H and O–H groups in total. The monoisotopic (exact) mass is 328 g/mol. The number of hydrogen-bond acceptors (Lipinski definition) is 3. The maximum atomic E-state index is 11.4. The second-order valence-corrected chi connectivity index (χ2v) is 6.92. The van der Waals surface area contributed by atoms with E-state index in [1.807, 2.05) is 11.0 Å². The van der Waals surface area contributed by atoms with E-state index in [9.17, 15) is 4.79 Å². The minimum atomic E-state index is 0.189. The van der Waals surface area contributed by atoms with Gasteiger partial charge >= 0.3 is 0 Å². The van der Waals surface area contributed by atoms with Crippen molar-refractivity contribution in [1.82, 2.24) is 9.80 Å². The number of ether oxygens (including phenoxy) is 1. The molecule has 130 valence electrons. The molecule has 3 rings (SSSR count). The van der Waals surface area contributed by atoms with E-state index in [0.29, 0.717) is 12.2 Å². The Bertz CT molecular complexity index is 579. The fraction of sp³-hybridized carbons (Fsp3) is 0.550. The molecule has 0 unspecified atom stereocenters. The summed E-state index contributed by atoms with van der Waals surface area (Å²) in [6.07, 6.45) is 5.81. The minimum Gasteiger partial charge on any atom is -0.373 e. The first kappa shape index (κ1) is 17.2. The third-order valence-corrected chi connectivity index (χ3v) is 5.13. The van der Waals surface area contributed by atoms with Gasteiger partial charge < -0.3 is 9.64 Å². The van der Waals surface area contributed by atoms with Crippen molar-refractivity contribution in [3.05, 3.63) is 42.0 Å². The number of amides is 1. The number of rotatable bonds is 5. The number of carbonyl (C=O) groups excluding carboxylic acids is 1. The zero-order chi connectivity index (χ0) is 16.9. The lowest BCUT2D eigenvalue weighted by Crippen LogP contribution is -2.49. The van der Waals surface area contributed by atoms with Gasteiger partial charge in [0.25, 0.3) is 0 Å². The molecule has 2 fully saturated rings. The van der Waals surface area contributed by atoms with Crippen LogP contribution in [0.5, 0.6) is 0 Å². The first-order valence-corrected chi connectivity index (χ1v) is 8.99. The van der Waals surface area contributed by atoms with Crippen molar-refractivity contribution in [1.29, 1.82) is 0 Å². The van der Waals surface area contributed by atoms with Gasteiger partial charge in [0, 0.05) is 39.6 Å². The molecule has 2 aliphatic rings. The molecule has 1 amide bonds. The number of nitrogens with zero attached hydrogens (tertiary/aromatic N) is 2. The molecule has 0 bridgehead atoms. The standard InChI is InChI=1S/C20H28N2O2/c1-3-17-5-4-6-18(13-17)14-19-7-8-20(24-19)15-21-9-11-22(12-10-21)16(2)23/h3-6,13,19-20H,1,7-12,14-15H2,2H3/t19-,20+/m1/s1. The molecular formula is C20H28N2O2. The fourth-order valence-corrected chi connectivity index (χ4v) is 3.71. The van der Waals surface area contributed by atoms with Crippen LogP contribution in [0.25, 0.3) is 6.08 Å². The summed E-state index contributed by atoms with van der Waals surface area (Å²) in [5.41, 5.74) is 2.50. The molecule has 4 heteroatoms. The van der Waals surface area contributed by atoms with Crippen LogP contribution in [-0.4, -0.2) is 60.6 Å². The predicted octanol–water partition coefficient (Wildman–Crippen LogP) is 2.58. The van der Waals surface area contributed by atoms with Crippen LogP contribution in [0.4, 0.5) is 0 Å². The largest absolute Gasteiger partial charge is 0.373 e. The number of benzene rings is 1. The van der Waals surface area contributed by atoms with Crippen molar-refractivity contribution in [3.63, 3.8) is 0 Å². The Morgan fingerprint density at radius 1 is 1.25 bits per heavy atom. The molecule has 0 spiro atoms. The van der Waals surface area contributed by atoms with Crippen molar-refractivity contribution < 1.29 is 9.53 Å². The van der Waals surface area contributed by atoms with Crippen LogP contribution < -0.4 is 0 Å². The second-order valence-electron chi connectivity index (χ2n) is 6.92. The lowest BCUT2D eigenvalue weighted by molar-refractivity contribution is -0.130. The second kappa shape index (κ2) is 7.95. The molecule has 4 nitrogen and oxygen atoms in total. The molecule has 0 saturated carbocycles. The van der Waals surface area contributed by atoms with E-state index in [2.05, 4.69) is 35.7 Å². The van der Waals surface area contributed by atoms with E-state index in [1.54, 1.807) is 6.92 Å². The van der Waals surface area contributed by atoms with Crippen LogP contribution in [-0.2, 0) is 16.0 Å². The molecule has 1 aromatic carbocycles. The van der Waals surface area contributed by atoms with Crippen LogP contribution in [0.1, 0.15) is 30.9 Å². The first-order chi connectivity index (χ1) is 11.6. The van der Waals surface area contributed by atoms with E-state index in [-0.39, 0.29) is 5.91 Å². The Labute approximate surface area is 145 Å². The normalized spacial score (nSPS) is 25.0. The van der Waals surface area contributed by atoms with E-state index >= 15 is 0 Å². The maximum Gasteiger partial charge on any atom is 0.219 e. The molecule has 2 atom stereocenters. The Morgan fingerprint density at radius 2 is 2.00 bits per heavy atom. The van der Waals surface area contributed by atoms with Gasteiger partial charge in [0.15, 0.2) is 0 Å². The highest BCUT2D eigenvalue weighted by molar-refractivity contribution is 5.73. The lowest BCUT2D eigenvalue weighted by Gasteiger charge is -2.35. The zero-order valence-corrected chi connectivity index (χ0v) is 14.6. The van der Waals surface area contributed by atoms with Gasteiger partial charge in [0.2, 0.25) is 5.91 Å². The summed E-state index contributed by atoms with van der Waals surface area (Å²) in [6, 6.07) is 8.54. The van der Waals surface area contributed by atoms with Crippen LogP contribution in [0.15, 0.2) is 30.8 Å². The lowest BCUT2D eigenvalue weighted by atomic mass is 10.0. The van der Waals surface area contributed by atoms with Crippen LogP contribution in [0.2, 0.25) is 0 Å². The first-order valence-electron chi connectivity index (χ1n) is 8.99. The average molecular weight is 328 g/mol.